The van der Waals surface area contributed by atoms with Crippen LogP contribution in [-0.4, -0.2) is 6.29 Å². The summed E-state index contributed by atoms with van der Waals surface area (Å²) in [5.41, 5.74) is 1.30. The maximum absolute atomic E-state index is 9.80. The van der Waals surface area contributed by atoms with Crippen molar-refractivity contribution < 1.29 is 4.79 Å². The second-order valence-electron chi connectivity index (χ2n) is 2.54. The van der Waals surface area contributed by atoms with E-state index in [4.69, 9.17) is 0 Å². The van der Waals surface area contributed by atoms with Gasteiger partial charge in [-0.3, -0.25) is 4.79 Å². The molecule has 0 unspecified atom stereocenters. The van der Waals surface area contributed by atoms with Crippen LogP contribution in [0, 0.1) is 0 Å². The third-order valence-corrected chi connectivity index (χ3v) is 1.63. The lowest BCUT2D eigenvalue weighted by molar-refractivity contribution is 0.564. The van der Waals surface area contributed by atoms with Crippen molar-refractivity contribution in [3.8, 4) is 0 Å². The Labute approximate surface area is 72.7 Å². The topological polar surface area (TPSA) is 17.1 Å². The first-order chi connectivity index (χ1) is 5.93. The van der Waals surface area contributed by atoms with Gasteiger partial charge in [0.1, 0.15) is 0 Å². The molecule has 0 aliphatic heterocycles. The van der Waals surface area contributed by atoms with Crippen LogP contribution in [0.2, 0.25) is 0 Å². The van der Waals surface area contributed by atoms with Crippen LogP contribution in [0.1, 0.15) is 12.0 Å². The standard InChI is InChI=1S/C11H11O/c12-10-6-2-5-9-11-7-3-1-4-8-11/h1-4,6-8H,5,9H2. The predicted octanol–water partition coefficient (Wildman–Crippen LogP) is 2.29. The highest BCUT2D eigenvalue weighted by Gasteiger charge is 1.87. The molecule has 0 aliphatic rings. The predicted molar refractivity (Wildman–Crippen MR) is 49.6 cm³/mol. The lowest BCUT2D eigenvalue weighted by atomic mass is 10.1. The molecule has 0 aromatic heterocycles. The van der Waals surface area contributed by atoms with Gasteiger partial charge in [0.15, 0.2) is 0 Å². The molecule has 1 nitrogen and oxygen atoms in total. The summed E-state index contributed by atoms with van der Waals surface area (Å²) in [6, 6.07) is 10.2. The summed E-state index contributed by atoms with van der Waals surface area (Å²) in [5.74, 6) is 0. The van der Waals surface area contributed by atoms with Gasteiger partial charge in [0.2, 0.25) is 6.29 Å². The van der Waals surface area contributed by atoms with Gasteiger partial charge in [-0.05, 0) is 24.5 Å². The van der Waals surface area contributed by atoms with Gasteiger partial charge >= 0.3 is 0 Å². The first kappa shape index (κ1) is 8.72. The largest absolute Gasteiger partial charge is 0.286 e. The van der Waals surface area contributed by atoms with E-state index in [2.05, 4.69) is 12.1 Å². The van der Waals surface area contributed by atoms with Gasteiger partial charge in [0.05, 0.1) is 0 Å². The van der Waals surface area contributed by atoms with Crippen LogP contribution in [0.15, 0.2) is 42.5 Å². The van der Waals surface area contributed by atoms with Crippen molar-refractivity contribution in [2.24, 2.45) is 0 Å². The molecule has 0 N–H and O–H groups in total. The van der Waals surface area contributed by atoms with Crippen molar-refractivity contribution in [3.05, 3.63) is 48.0 Å². The highest BCUT2D eigenvalue weighted by molar-refractivity contribution is 5.65. The molecule has 61 valence electrons. The molecule has 0 aliphatic carbocycles. The number of allylic oxidation sites excluding steroid dienone is 2. The van der Waals surface area contributed by atoms with E-state index in [1.807, 2.05) is 24.3 Å². The number of hydrogen-bond donors (Lipinski definition) is 0. The zero-order valence-electron chi connectivity index (χ0n) is 6.86. The van der Waals surface area contributed by atoms with E-state index in [0.717, 1.165) is 12.8 Å². The number of benzene rings is 1. The minimum atomic E-state index is 0.902. The first-order valence-electron chi connectivity index (χ1n) is 4.00. The Kier molecular flexibility index (Phi) is 3.86. The minimum Gasteiger partial charge on any atom is -0.286 e. The summed E-state index contributed by atoms with van der Waals surface area (Å²) >= 11 is 0. The summed E-state index contributed by atoms with van der Waals surface area (Å²) in [7, 11) is 0. The van der Waals surface area contributed by atoms with E-state index in [1.54, 1.807) is 6.29 Å². The van der Waals surface area contributed by atoms with Crippen molar-refractivity contribution in [3.63, 3.8) is 0 Å². The molecule has 1 rings (SSSR count). The average Bonchev–Trinajstić information content (AvgIpc) is 2.14. The number of hydrogen-bond acceptors (Lipinski definition) is 1. The summed E-state index contributed by atoms with van der Waals surface area (Å²) < 4.78 is 0. The summed E-state index contributed by atoms with van der Waals surface area (Å²) in [5, 5.41) is 0. The Morgan fingerprint density at radius 3 is 2.67 bits per heavy atom. The molecule has 0 saturated heterocycles. The SMILES string of the molecule is O=[C]C=CCCc1ccccc1. The minimum absolute atomic E-state index is 0.902. The molecule has 0 heterocycles. The number of carbonyl (C=O) groups excluding carboxylic acids is 1. The molecule has 0 fully saturated rings. The molecule has 0 saturated carbocycles. The normalized spacial score (nSPS) is 10.3. The van der Waals surface area contributed by atoms with Gasteiger partial charge in [-0.15, -0.1) is 0 Å². The molecular formula is C11H11O. The fourth-order valence-electron chi connectivity index (χ4n) is 1.03. The maximum Gasteiger partial charge on any atom is 0.225 e. The summed E-state index contributed by atoms with van der Waals surface area (Å²) in [6.45, 7) is 0. The highest BCUT2D eigenvalue weighted by atomic mass is 16.1. The molecular weight excluding hydrogens is 148 g/mol. The van der Waals surface area contributed by atoms with Crippen LogP contribution < -0.4 is 0 Å². The van der Waals surface area contributed by atoms with Gasteiger partial charge in [0.25, 0.3) is 0 Å². The van der Waals surface area contributed by atoms with E-state index in [9.17, 15) is 4.79 Å². The van der Waals surface area contributed by atoms with Gasteiger partial charge in [-0.1, -0.05) is 36.4 Å². The number of aryl methyl sites for hydroxylation is 1. The van der Waals surface area contributed by atoms with Gasteiger partial charge in [0, 0.05) is 0 Å². The van der Waals surface area contributed by atoms with E-state index in [-0.39, 0.29) is 0 Å². The third-order valence-electron chi connectivity index (χ3n) is 1.63. The molecule has 0 amide bonds. The van der Waals surface area contributed by atoms with E-state index in [0.29, 0.717) is 0 Å². The molecule has 1 radical (unpaired) electrons. The van der Waals surface area contributed by atoms with Crippen molar-refractivity contribution in [1.82, 2.24) is 0 Å². The third kappa shape index (κ3) is 3.15. The maximum atomic E-state index is 9.80. The van der Waals surface area contributed by atoms with E-state index >= 15 is 0 Å². The van der Waals surface area contributed by atoms with Crippen LogP contribution in [0.5, 0.6) is 0 Å². The van der Waals surface area contributed by atoms with Crippen LogP contribution >= 0.6 is 0 Å². The monoisotopic (exact) mass is 159 g/mol. The molecule has 0 spiro atoms. The highest BCUT2D eigenvalue weighted by Crippen LogP contribution is 2.02. The molecule has 1 heteroatoms. The zero-order valence-corrected chi connectivity index (χ0v) is 6.86. The molecule has 1 aromatic rings. The number of rotatable bonds is 4. The fourth-order valence-corrected chi connectivity index (χ4v) is 1.03. The van der Waals surface area contributed by atoms with Crippen molar-refractivity contribution in [1.29, 1.82) is 0 Å². The van der Waals surface area contributed by atoms with E-state index < -0.39 is 0 Å². The van der Waals surface area contributed by atoms with Crippen molar-refractivity contribution in [2.75, 3.05) is 0 Å². The average molecular weight is 159 g/mol. The zero-order chi connectivity index (χ0) is 8.65. The Balaban J connectivity index is 2.33. The quantitative estimate of drug-likeness (QED) is 0.616. The van der Waals surface area contributed by atoms with E-state index in [1.165, 1.54) is 11.6 Å². The lowest BCUT2D eigenvalue weighted by Gasteiger charge is -1.95. The second-order valence-corrected chi connectivity index (χ2v) is 2.54. The molecule has 0 atom stereocenters. The van der Waals surface area contributed by atoms with Crippen molar-refractivity contribution >= 4 is 6.29 Å². The molecule has 12 heavy (non-hydrogen) atoms. The second kappa shape index (κ2) is 5.30. The van der Waals surface area contributed by atoms with Gasteiger partial charge < -0.3 is 0 Å². The Hall–Kier alpha value is -1.37. The molecule has 0 bridgehead atoms. The molecule has 1 aromatic carbocycles. The van der Waals surface area contributed by atoms with Crippen LogP contribution in [0.3, 0.4) is 0 Å². The lowest BCUT2D eigenvalue weighted by Crippen LogP contribution is -1.80. The summed E-state index contributed by atoms with van der Waals surface area (Å²) in [6.07, 6.45) is 6.86. The fraction of sp³-hybridized carbons (Fsp3) is 0.182. The Morgan fingerprint density at radius 1 is 1.25 bits per heavy atom. The van der Waals surface area contributed by atoms with Gasteiger partial charge in [-0.25, -0.2) is 0 Å². The Morgan fingerprint density at radius 2 is 2.00 bits per heavy atom. The Bertz CT molecular complexity index is 249. The van der Waals surface area contributed by atoms with Crippen LogP contribution in [0.4, 0.5) is 0 Å². The van der Waals surface area contributed by atoms with Crippen molar-refractivity contribution in [2.45, 2.75) is 12.8 Å². The van der Waals surface area contributed by atoms with Crippen LogP contribution in [0.25, 0.3) is 0 Å². The van der Waals surface area contributed by atoms with Crippen LogP contribution in [-0.2, 0) is 11.2 Å². The van der Waals surface area contributed by atoms with Gasteiger partial charge in [-0.2, -0.15) is 0 Å². The summed E-state index contributed by atoms with van der Waals surface area (Å²) in [4.78, 5) is 9.80. The first-order valence-corrected chi connectivity index (χ1v) is 4.00. The smallest absolute Gasteiger partial charge is 0.225 e.